The van der Waals surface area contributed by atoms with E-state index in [9.17, 15) is 0 Å². The molecule has 3 aromatic heterocycles. The zero-order valence-electron chi connectivity index (χ0n) is 11.9. The Morgan fingerprint density at radius 3 is 2.90 bits per heavy atom. The predicted molar refractivity (Wildman–Crippen MR) is 78.3 cm³/mol. The highest BCUT2D eigenvalue weighted by molar-refractivity contribution is 5.39. The molecule has 0 bridgehead atoms. The van der Waals surface area contributed by atoms with Gasteiger partial charge in [0.1, 0.15) is 5.65 Å². The Kier molecular flexibility index (Phi) is 3.52. The van der Waals surface area contributed by atoms with Crippen LogP contribution >= 0.6 is 0 Å². The summed E-state index contributed by atoms with van der Waals surface area (Å²) in [5, 5.41) is 4.31. The number of hydrogen-bond donors (Lipinski definition) is 0. The summed E-state index contributed by atoms with van der Waals surface area (Å²) in [6.07, 6.45) is 8.04. The SMILES string of the molecule is CCn1cc(CN(C)Cc2cnc3ccccn23)cn1. The highest BCUT2D eigenvalue weighted by Crippen LogP contribution is 2.10. The molecule has 104 valence electrons. The molecule has 3 aromatic rings. The number of imidazole rings is 1. The molecule has 0 amide bonds. The van der Waals surface area contributed by atoms with Gasteiger partial charge in [0.05, 0.1) is 18.1 Å². The van der Waals surface area contributed by atoms with Crippen LogP contribution in [0.15, 0.2) is 43.0 Å². The lowest BCUT2D eigenvalue weighted by molar-refractivity contribution is 0.314. The molecule has 0 unspecified atom stereocenters. The van der Waals surface area contributed by atoms with Gasteiger partial charge in [-0.15, -0.1) is 0 Å². The van der Waals surface area contributed by atoms with Gasteiger partial charge < -0.3 is 4.40 Å². The maximum atomic E-state index is 4.42. The smallest absolute Gasteiger partial charge is 0.136 e. The molecule has 3 rings (SSSR count). The van der Waals surface area contributed by atoms with E-state index < -0.39 is 0 Å². The lowest BCUT2D eigenvalue weighted by Gasteiger charge is -2.15. The van der Waals surface area contributed by atoms with E-state index in [1.54, 1.807) is 0 Å². The monoisotopic (exact) mass is 269 g/mol. The third kappa shape index (κ3) is 2.58. The average molecular weight is 269 g/mol. The summed E-state index contributed by atoms with van der Waals surface area (Å²) in [5.41, 5.74) is 3.43. The van der Waals surface area contributed by atoms with E-state index >= 15 is 0 Å². The number of pyridine rings is 1. The Bertz CT molecular complexity index is 697. The molecule has 5 heteroatoms. The van der Waals surface area contributed by atoms with Gasteiger partial charge in [0, 0.05) is 37.6 Å². The van der Waals surface area contributed by atoms with Gasteiger partial charge in [-0.2, -0.15) is 5.10 Å². The molecule has 0 aliphatic heterocycles. The molecule has 3 heterocycles. The lowest BCUT2D eigenvalue weighted by atomic mass is 10.3. The topological polar surface area (TPSA) is 38.4 Å². The summed E-state index contributed by atoms with van der Waals surface area (Å²) >= 11 is 0. The fourth-order valence-corrected chi connectivity index (χ4v) is 2.41. The summed E-state index contributed by atoms with van der Waals surface area (Å²) in [4.78, 5) is 6.69. The largest absolute Gasteiger partial charge is 0.303 e. The van der Waals surface area contributed by atoms with Crippen molar-refractivity contribution in [3.05, 3.63) is 54.2 Å². The van der Waals surface area contributed by atoms with Crippen molar-refractivity contribution in [3.8, 4) is 0 Å². The van der Waals surface area contributed by atoms with E-state index in [-0.39, 0.29) is 0 Å². The maximum absolute atomic E-state index is 4.42. The van der Waals surface area contributed by atoms with Crippen LogP contribution in [0.5, 0.6) is 0 Å². The lowest BCUT2D eigenvalue weighted by Crippen LogP contribution is -2.18. The van der Waals surface area contributed by atoms with Crippen LogP contribution in [0.3, 0.4) is 0 Å². The van der Waals surface area contributed by atoms with Crippen molar-refractivity contribution in [2.45, 2.75) is 26.6 Å². The van der Waals surface area contributed by atoms with Crippen LogP contribution in [0.2, 0.25) is 0 Å². The summed E-state index contributed by atoms with van der Waals surface area (Å²) < 4.78 is 4.09. The van der Waals surface area contributed by atoms with E-state index in [2.05, 4.69) is 45.7 Å². The van der Waals surface area contributed by atoms with Gasteiger partial charge in [-0.1, -0.05) is 6.07 Å². The minimum absolute atomic E-state index is 0.864. The normalized spacial score (nSPS) is 11.6. The molecule has 0 saturated carbocycles. The Balaban J connectivity index is 1.70. The standard InChI is InChI=1S/C15H19N5/c1-3-19-11-13(8-17-19)10-18(2)12-14-9-16-15-6-4-5-7-20(14)15/h4-9,11H,3,10,12H2,1-2H3. The van der Waals surface area contributed by atoms with Crippen molar-refractivity contribution in [2.75, 3.05) is 7.05 Å². The zero-order chi connectivity index (χ0) is 13.9. The first-order chi connectivity index (χ1) is 9.76. The van der Waals surface area contributed by atoms with Gasteiger partial charge in [-0.05, 0) is 26.1 Å². The van der Waals surface area contributed by atoms with E-state index in [0.29, 0.717) is 0 Å². The molecular formula is C15H19N5. The van der Waals surface area contributed by atoms with E-state index in [1.807, 2.05) is 35.3 Å². The van der Waals surface area contributed by atoms with Crippen LogP contribution in [-0.4, -0.2) is 31.1 Å². The Morgan fingerprint density at radius 2 is 2.10 bits per heavy atom. The van der Waals surface area contributed by atoms with E-state index in [0.717, 1.165) is 25.3 Å². The van der Waals surface area contributed by atoms with E-state index in [4.69, 9.17) is 0 Å². The van der Waals surface area contributed by atoms with Gasteiger partial charge in [-0.3, -0.25) is 9.58 Å². The van der Waals surface area contributed by atoms with Gasteiger partial charge in [0.25, 0.3) is 0 Å². The molecule has 0 atom stereocenters. The predicted octanol–water partition coefficient (Wildman–Crippen LogP) is 2.18. The summed E-state index contributed by atoms with van der Waals surface area (Å²) in [6, 6.07) is 6.06. The number of rotatable bonds is 5. The second kappa shape index (κ2) is 5.46. The first-order valence-electron chi connectivity index (χ1n) is 6.87. The second-order valence-corrected chi connectivity index (χ2v) is 5.05. The number of fused-ring (bicyclic) bond motifs is 1. The first-order valence-corrected chi connectivity index (χ1v) is 6.87. The fourth-order valence-electron chi connectivity index (χ4n) is 2.41. The maximum Gasteiger partial charge on any atom is 0.136 e. The third-order valence-corrected chi connectivity index (χ3v) is 3.39. The molecule has 0 spiro atoms. The van der Waals surface area contributed by atoms with Crippen LogP contribution in [0.25, 0.3) is 5.65 Å². The van der Waals surface area contributed by atoms with Crippen LogP contribution in [-0.2, 0) is 19.6 Å². The number of aryl methyl sites for hydroxylation is 1. The highest BCUT2D eigenvalue weighted by Gasteiger charge is 2.07. The molecule has 0 fully saturated rings. The molecule has 0 aromatic carbocycles. The molecule has 20 heavy (non-hydrogen) atoms. The molecule has 0 aliphatic rings. The Hall–Kier alpha value is -2.14. The third-order valence-electron chi connectivity index (χ3n) is 3.39. The molecule has 0 radical (unpaired) electrons. The highest BCUT2D eigenvalue weighted by atomic mass is 15.3. The van der Waals surface area contributed by atoms with Crippen LogP contribution in [0.1, 0.15) is 18.2 Å². The van der Waals surface area contributed by atoms with Gasteiger partial charge in [-0.25, -0.2) is 4.98 Å². The van der Waals surface area contributed by atoms with Crippen molar-refractivity contribution >= 4 is 5.65 Å². The van der Waals surface area contributed by atoms with Gasteiger partial charge >= 0.3 is 0 Å². The van der Waals surface area contributed by atoms with Crippen LogP contribution < -0.4 is 0 Å². The molecular weight excluding hydrogens is 250 g/mol. The Morgan fingerprint density at radius 1 is 1.20 bits per heavy atom. The molecule has 0 aliphatic carbocycles. The second-order valence-electron chi connectivity index (χ2n) is 5.05. The summed E-state index contributed by atoms with van der Waals surface area (Å²) in [7, 11) is 2.12. The van der Waals surface area contributed by atoms with Crippen molar-refractivity contribution in [1.82, 2.24) is 24.1 Å². The minimum Gasteiger partial charge on any atom is -0.303 e. The molecule has 0 N–H and O–H groups in total. The van der Waals surface area contributed by atoms with Crippen LogP contribution in [0, 0.1) is 0 Å². The summed E-state index contributed by atoms with van der Waals surface area (Å²) in [5.74, 6) is 0. The first kappa shape index (κ1) is 12.9. The summed E-state index contributed by atoms with van der Waals surface area (Å²) in [6.45, 7) is 4.76. The quantitative estimate of drug-likeness (QED) is 0.712. The van der Waals surface area contributed by atoms with Crippen LogP contribution in [0.4, 0.5) is 0 Å². The number of hydrogen-bond acceptors (Lipinski definition) is 3. The molecule has 5 nitrogen and oxygen atoms in total. The van der Waals surface area contributed by atoms with Gasteiger partial charge in [0.15, 0.2) is 0 Å². The van der Waals surface area contributed by atoms with Crippen molar-refractivity contribution in [2.24, 2.45) is 0 Å². The number of aromatic nitrogens is 4. The average Bonchev–Trinajstić information content (AvgIpc) is 3.06. The van der Waals surface area contributed by atoms with Crippen molar-refractivity contribution in [1.29, 1.82) is 0 Å². The Labute approximate surface area is 118 Å². The number of nitrogens with zero attached hydrogens (tertiary/aromatic N) is 5. The minimum atomic E-state index is 0.864. The van der Waals surface area contributed by atoms with Crippen molar-refractivity contribution < 1.29 is 0 Å². The molecule has 0 saturated heterocycles. The zero-order valence-corrected chi connectivity index (χ0v) is 11.9. The van der Waals surface area contributed by atoms with E-state index in [1.165, 1.54) is 11.3 Å². The fraction of sp³-hybridized carbons (Fsp3) is 0.333. The van der Waals surface area contributed by atoms with Gasteiger partial charge in [0.2, 0.25) is 0 Å². The van der Waals surface area contributed by atoms with Crippen molar-refractivity contribution in [3.63, 3.8) is 0 Å².